The number of hydrogen-bond donors (Lipinski definition) is 2. The van der Waals surface area contributed by atoms with Crippen LogP contribution in [0.5, 0.6) is 5.75 Å². The first kappa shape index (κ1) is 15.2. The minimum Gasteiger partial charge on any atom is -0.507 e. The summed E-state index contributed by atoms with van der Waals surface area (Å²) in [6.45, 7) is 0.584. The van der Waals surface area contributed by atoms with Crippen LogP contribution in [0.25, 0.3) is 0 Å². The van der Waals surface area contributed by atoms with Crippen LogP contribution in [0.4, 0.5) is 5.82 Å². The maximum atomic E-state index is 12.2. The fourth-order valence-electron chi connectivity index (χ4n) is 2.07. The number of nitrogens with zero attached hydrogens (tertiary/aromatic N) is 3. The molecule has 23 heavy (non-hydrogen) atoms. The summed E-state index contributed by atoms with van der Waals surface area (Å²) in [6, 6.07) is 10.2. The first-order chi connectivity index (χ1) is 11.1. The van der Waals surface area contributed by atoms with Crippen LogP contribution in [0, 0.1) is 0 Å². The third-order valence-corrected chi connectivity index (χ3v) is 3.67. The van der Waals surface area contributed by atoms with Gasteiger partial charge in [0.1, 0.15) is 5.75 Å². The van der Waals surface area contributed by atoms with Crippen molar-refractivity contribution in [1.82, 2.24) is 14.8 Å². The zero-order chi connectivity index (χ0) is 16.2. The van der Waals surface area contributed by atoms with Gasteiger partial charge in [0.2, 0.25) is 0 Å². The van der Waals surface area contributed by atoms with Gasteiger partial charge in [-0.3, -0.25) is 14.5 Å². The Balaban J connectivity index is 1.71. The summed E-state index contributed by atoms with van der Waals surface area (Å²) in [5.74, 6) is -0.0803. The van der Waals surface area contributed by atoms with Gasteiger partial charge in [0, 0.05) is 29.1 Å². The third-order valence-electron chi connectivity index (χ3n) is 3.18. The molecule has 0 spiro atoms. The predicted molar refractivity (Wildman–Crippen MR) is 89.3 cm³/mol. The number of phenolic OH excluding ortho intramolecular Hbond substituents is 1. The number of benzene rings is 1. The minimum atomic E-state index is -0.419. The molecule has 7 heteroatoms. The molecule has 2 aromatic heterocycles. The number of anilines is 1. The maximum absolute atomic E-state index is 12.2. The maximum Gasteiger partial charge on any atom is 0.260 e. The summed E-state index contributed by atoms with van der Waals surface area (Å²) in [5.41, 5.74) is 1.24. The summed E-state index contributed by atoms with van der Waals surface area (Å²) in [5, 5.41) is 16.7. The van der Waals surface area contributed by atoms with Gasteiger partial charge in [-0.25, -0.2) is 0 Å². The molecule has 3 rings (SSSR count). The zero-order valence-corrected chi connectivity index (χ0v) is 13.6. The highest BCUT2D eigenvalue weighted by molar-refractivity contribution is 9.10. The molecule has 0 aliphatic heterocycles. The lowest BCUT2D eigenvalue weighted by Gasteiger charge is -2.05. The molecule has 0 aliphatic carbocycles. The Morgan fingerprint density at radius 3 is 2.78 bits per heavy atom. The molecule has 0 saturated carbocycles. The van der Waals surface area contributed by atoms with Crippen molar-refractivity contribution < 1.29 is 9.90 Å². The first-order valence-corrected chi connectivity index (χ1v) is 7.63. The van der Waals surface area contributed by atoms with Gasteiger partial charge >= 0.3 is 0 Å². The number of nitrogens with one attached hydrogen (secondary N) is 1. The van der Waals surface area contributed by atoms with E-state index in [2.05, 4.69) is 31.3 Å². The molecule has 0 fully saturated rings. The van der Waals surface area contributed by atoms with Crippen molar-refractivity contribution in [3.05, 3.63) is 70.6 Å². The highest BCUT2D eigenvalue weighted by Crippen LogP contribution is 2.22. The number of hydrogen-bond acceptors (Lipinski definition) is 4. The van der Waals surface area contributed by atoms with Gasteiger partial charge < -0.3 is 10.4 Å². The summed E-state index contributed by atoms with van der Waals surface area (Å²) in [6.07, 6.45) is 5.21. The van der Waals surface area contributed by atoms with Crippen LogP contribution >= 0.6 is 15.9 Å². The molecule has 0 radical (unpaired) electrons. The second-order valence-corrected chi connectivity index (χ2v) is 5.79. The Kier molecular flexibility index (Phi) is 4.38. The van der Waals surface area contributed by atoms with Crippen molar-refractivity contribution in [2.24, 2.45) is 0 Å². The van der Waals surface area contributed by atoms with E-state index in [0.717, 1.165) is 5.56 Å². The topological polar surface area (TPSA) is 80.0 Å². The SMILES string of the molecule is O=C(Nc1ccn(Cc2ccncc2)n1)c1cc(Br)ccc1O. The number of aromatic hydroxyl groups is 1. The van der Waals surface area contributed by atoms with E-state index in [4.69, 9.17) is 0 Å². The lowest BCUT2D eigenvalue weighted by molar-refractivity contribution is 0.102. The molecular weight excluding hydrogens is 360 g/mol. The van der Waals surface area contributed by atoms with Crippen molar-refractivity contribution >= 4 is 27.7 Å². The van der Waals surface area contributed by atoms with Gasteiger partial charge in [-0.2, -0.15) is 5.10 Å². The molecule has 0 aliphatic rings. The zero-order valence-electron chi connectivity index (χ0n) is 12.0. The number of phenols is 1. The summed E-state index contributed by atoms with van der Waals surface area (Å²) in [7, 11) is 0. The van der Waals surface area contributed by atoms with E-state index in [1.807, 2.05) is 12.1 Å². The van der Waals surface area contributed by atoms with E-state index >= 15 is 0 Å². The van der Waals surface area contributed by atoms with Crippen LogP contribution in [-0.4, -0.2) is 25.8 Å². The van der Waals surface area contributed by atoms with Crippen molar-refractivity contribution in [1.29, 1.82) is 0 Å². The van der Waals surface area contributed by atoms with Gasteiger partial charge in [0.25, 0.3) is 5.91 Å². The number of carbonyl (C=O) groups is 1. The first-order valence-electron chi connectivity index (χ1n) is 6.84. The van der Waals surface area contributed by atoms with Crippen LogP contribution in [0.2, 0.25) is 0 Å². The lowest BCUT2D eigenvalue weighted by Crippen LogP contribution is -2.13. The van der Waals surface area contributed by atoms with Crippen molar-refractivity contribution in [3.8, 4) is 5.75 Å². The second-order valence-electron chi connectivity index (χ2n) is 4.87. The largest absolute Gasteiger partial charge is 0.507 e. The molecule has 116 valence electrons. The van der Waals surface area contributed by atoms with Gasteiger partial charge in [-0.05, 0) is 35.9 Å². The molecule has 0 saturated heterocycles. The molecule has 0 atom stereocenters. The van der Waals surface area contributed by atoms with E-state index in [-0.39, 0.29) is 11.3 Å². The fraction of sp³-hybridized carbons (Fsp3) is 0.0625. The number of aromatic nitrogens is 3. The monoisotopic (exact) mass is 372 g/mol. The molecule has 1 amide bonds. The second kappa shape index (κ2) is 6.62. The molecular formula is C16H13BrN4O2. The molecule has 6 nitrogen and oxygen atoms in total. The highest BCUT2D eigenvalue weighted by Gasteiger charge is 2.13. The van der Waals surface area contributed by atoms with Crippen LogP contribution in [0.1, 0.15) is 15.9 Å². The number of rotatable bonds is 4. The molecule has 0 unspecified atom stereocenters. The Morgan fingerprint density at radius 2 is 2.00 bits per heavy atom. The predicted octanol–water partition coefficient (Wildman–Crippen LogP) is 3.05. The molecule has 0 bridgehead atoms. The number of carbonyl (C=O) groups excluding carboxylic acids is 1. The average Bonchev–Trinajstić information content (AvgIpc) is 2.97. The van der Waals surface area contributed by atoms with E-state index in [1.54, 1.807) is 41.5 Å². The Hall–Kier alpha value is -2.67. The summed E-state index contributed by atoms with van der Waals surface area (Å²) < 4.78 is 2.43. The smallest absolute Gasteiger partial charge is 0.260 e. The van der Waals surface area contributed by atoms with Crippen molar-refractivity contribution in [2.75, 3.05) is 5.32 Å². The Bertz CT molecular complexity index is 833. The van der Waals surface area contributed by atoms with Crippen LogP contribution in [0.15, 0.2) is 59.5 Å². The van der Waals surface area contributed by atoms with Crippen LogP contribution in [0.3, 0.4) is 0 Å². The standard InChI is InChI=1S/C16H13BrN4O2/c17-12-1-2-14(22)13(9-12)16(23)19-15-5-8-21(20-15)10-11-3-6-18-7-4-11/h1-9,22H,10H2,(H,19,20,23). The Labute approximate surface area is 140 Å². The van der Waals surface area contributed by atoms with Crippen molar-refractivity contribution in [3.63, 3.8) is 0 Å². The normalized spacial score (nSPS) is 10.5. The summed E-state index contributed by atoms with van der Waals surface area (Å²) >= 11 is 3.28. The molecule has 2 N–H and O–H groups in total. The lowest BCUT2D eigenvalue weighted by atomic mass is 10.2. The minimum absolute atomic E-state index is 0.0816. The fourth-order valence-corrected chi connectivity index (χ4v) is 2.43. The summed E-state index contributed by atoms with van der Waals surface area (Å²) in [4.78, 5) is 16.2. The highest BCUT2D eigenvalue weighted by atomic mass is 79.9. The van der Waals surface area contributed by atoms with E-state index < -0.39 is 5.91 Å². The van der Waals surface area contributed by atoms with E-state index in [0.29, 0.717) is 16.8 Å². The van der Waals surface area contributed by atoms with E-state index in [9.17, 15) is 9.90 Å². The van der Waals surface area contributed by atoms with Crippen LogP contribution < -0.4 is 5.32 Å². The van der Waals surface area contributed by atoms with Gasteiger partial charge in [-0.1, -0.05) is 15.9 Å². The molecule has 2 heterocycles. The average molecular weight is 373 g/mol. The number of pyridine rings is 1. The van der Waals surface area contributed by atoms with Gasteiger partial charge in [0.05, 0.1) is 12.1 Å². The number of amides is 1. The molecule has 3 aromatic rings. The van der Waals surface area contributed by atoms with E-state index in [1.165, 1.54) is 6.07 Å². The third kappa shape index (κ3) is 3.75. The van der Waals surface area contributed by atoms with Gasteiger partial charge in [0.15, 0.2) is 5.82 Å². The Morgan fingerprint density at radius 1 is 1.22 bits per heavy atom. The van der Waals surface area contributed by atoms with Gasteiger partial charge in [-0.15, -0.1) is 0 Å². The molecule has 1 aromatic carbocycles. The number of halogens is 1. The van der Waals surface area contributed by atoms with Crippen molar-refractivity contribution in [2.45, 2.75) is 6.54 Å². The quantitative estimate of drug-likeness (QED) is 0.737. The van der Waals surface area contributed by atoms with Crippen LogP contribution in [-0.2, 0) is 6.54 Å².